The van der Waals surface area contributed by atoms with E-state index < -0.39 is 23.8 Å². The highest BCUT2D eigenvalue weighted by Crippen LogP contribution is 2.23. The number of rotatable bonds is 2. The fraction of sp³-hybridized carbons (Fsp3) is 0.529. The van der Waals surface area contributed by atoms with Crippen molar-refractivity contribution >= 4 is 17.7 Å². The van der Waals surface area contributed by atoms with Crippen molar-refractivity contribution in [2.24, 2.45) is 0 Å². The van der Waals surface area contributed by atoms with Gasteiger partial charge in [-0.15, -0.1) is 0 Å². The summed E-state index contributed by atoms with van der Waals surface area (Å²) in [6.45, 7) is 2.25. The molecule has 2 aliphatic heterocycles. The summed E-state index contributed by atoms with van der Waals surface area (Å²) in [5, 5.41) is 9.20. The fourth-order valence-corrected chi connectivity index (χ4v) is 3.58. The van der Waals surface area contributed by atoms with Gasteiger partial charge in [-0.05, 0) is 31.4 Å². The minimum atomic E-state index is -1.07. The summed E-state index contributed by atoms with van der Waals surface area (Å²) < 4.78 is 27.0. The number of likely N-dealkylation sites (tertiary alicyclic amines) is 1. The first-order valence-corrected chi connectivity index (χ1v) is 8.45. The Morgan fingerprint density at radius 3 is 2.56 bits per heavy atom. The molecule has 0 saturated carbocycles. The molecule has 2 heterocycles. The van der Waals surface area contributed by atoms with Crippen LogP contribution < -0.4 is 4.90 Å². The minimum Gasteiger partial charge on any atom is -0.465 e. The number of halogens is 2. The van der Waals surface area contributed by atoms with Gasteiger partial charge in [-0.25, -0.2) is 13.6 Å². The van der Waals surface area contributed by atoms with Crippen LogP contribution in [-0.4, -0.2) is 65.7 Å². The summed E-state index contributed by atoms with van der Waals surface area (Å²) in [6.07, 6.45) is 0.796. The number of carbonyl (C=O) groups is 2. The fourth-order valence-electron chi connectivity index (χ4n) is 3.58. The Hall–Kier alpha value is -2.38. The van der Waals surface area contributed by atoms with Crippen molar-refractivity contribution < 1.29 is 23.5 Å². The molecular formula is C17H21F2N3O3. The molecule has 136 valence electrons. The number of carbonyl (C=O) groups excluding carboxylic acids is 1. The Morgan fingerprint density at radius 2 is 1.84 bits per heavy atom. The van der Waals surface area contributed by atoms with Gasteiger partial charge in [0, 0.05) is 38.8 Å². The zero-order valence-corrected chi connectivity index (χ0v) is 13.8. The number of hydrogen-bond acceptors (Lipinski definition) is 3. The highest BCUT2D eigenvalue weighted by molar-refractivity contribution is 5.86. The number of hydrogen-bond donors (Lipinski definition) is 1. The Balaban J connectivity index is 1.67. The van der Waals surface area contributed by atoms with Gasteiger partial charge < -0.3 is 14.9 Å². The van der Waals surface area contributed by atoms with E-state index in [1.807, 2.05) is 0 Å². The maximum atomic E-state index is 14.0. The van der Waals surface area contributed by atoms with Crippen molar-refractivity contribution in [3.63, 3.8) is 0 Å². The molecule has 0 spiro atoms. The quantitative estimate of drug-likeness (QED) is 0.885. The standard InChI is InChI=1S/C17H21F2N3O3/c18-12-4-5-14(13(19)11-12)20-6-2-7-21(10-9-20)16(23)15-3-1-8-22(15)17(24)25/h4-5,11,15H,1-3,6-10H2,(H,24,25)/t15-/m0/s1. The summed E-state index contributed by atoms with van der Waals surface area (Å²) in [6, 6.07) is 2.86. The van der Waals surface area contributed by atoms with E-state index >= 15 is 0 Å². The number of benzene rings is 1. The molecule has 8 heteroatoms. The molecule has 1 aromatic carbocycles. The molecule has 6 nitrogen and oxygen atoms in total. The van der Waals surface area contributed by atoms with Crippen molar-refractivity contribution in [3.05, 3.63) is 29.8 Å². The van der Waals surface area contributed by atoms with E-state index in [1.165, 1.54) is 17.0 Å². The topological polar surface area (TPSA) is 64.1 Å². The monoisotopic (exact) mass is 353 g/mol. The van der Waals surface area contributed by atoms with Crippen LogP contribution in [-0.2, 0) is 4.79 Å². The van der Waals surface area contributed by atoms with E-state index in [1.54, 1.807) is 9.80 Å². The summed E-state index contributed by atoms with van der Waals surface area (Å²) in [5.74, 6) is -1.42. The molecule has 2 saturated heterocycles. The lowest BCUT2D eigenvalue weighted by Crippen LogP contribution is -2.48. The van der Waals surface area contributed by atoms with Gasteiger partial charge in [0.05, 0.1) is 5.69 Å². The van der Waals surface area contributed by atoms with E-state index in [-0.39, 0.29) is 5.91 Å². The van der Waals surface area contributed by atoms with Crippen molar-refractivity contribution in [2.75, 3.05) is 37.6 Å². The van der Waals surface area contributed by atoms with Crippen molar-refractivity contribution in [1.82, 2.24) is 9.80 Å². The van der Waals surface area contributed by atoms with Gasteiger partial charge in [-0.2, -0.15) is 0 Å². The molecule has 0 unspecified atom stereocenters. The minimum absolute atomic E-state index is 0.179. The first-order valence-electron chi connectivity index (χ1n) is 8.45. The van der Waals surface area contributed by atoms with E-state index in [2.05, 4.69) is 0 Å². The summed E-state index contributed by atoms with van der Waals surface area (Å²) in [7, 11) is 0. The van der Waals surface area contributed by atoms with Crippen LogP contribution in [0, 0.1) is 11.6 Å². The Labute approximate surface area is 144 Å². The Kier molecular flexibility index (Phi) is 5.06. The number of amides is 2. The highest BCUT2D eigenvalue weighted by Gasteiger charge is 2.37. The lowest BCUT2D eigenvalue weighted by atomic mass is 10.2. The van der Waals surface area contributed by atoms with Gasteiger partial charge in [0.15, 0.2) is 0 Å². The number of nitrogens with zero attached hydrogens (tertiary/aromatic N) is 3. The summed E-state index contributed by atoms with van der Waals surface area (Å²) >= 11 is 0. The Bertz CT molecular complexity index is 671. The van der Waals surface area contributed by atoms with Gasteiger partial charge in [0.1, 0.15) is 17.7 Å². The zero-order chi connectivity index (χ0) is 18.0. The van der Waals surface area contributed by atoms with Crippen LogP contribution in [0.5, 0.6) is 0 Å². The summed E-state index contributed by atoms with van der Waals surface area (Å²) in [4.78, 5) is 28.6. The summed E-state index contributed by atoms with van der Waals surface area (Å²) in [5.41, 5.74) is 0.323. The van der Waals surface area contributed by atoms with Gasteiger partial charge >= 0.3 is 6.09 Å². The van der Waals surface area contributed by atoms with Gasteiger partial charge in [0.25, 0.3) is 0 Å². The Morgan fingerprint density at radius 1 is 1.04 bits per heavy atom. The predicted molar refractivity (Wildman–Crippen MR) is 87.5 cm³/mol. The molecule has 3 rings (SSSR count). The zero-order valence-electron chi connectivity index (χ0n) is 13.8. The SMILES string of the molecule is O=C([C@@H]1CCCN1C(=O)O)N1CCCN(c2ccc(F)cc2F)CC1. The molecule has 0 aliphatic carbocycles. The van der Waals surface area contributed by atoms with E-state index in [9.17, 15) is 23.5 Å². The third-order valence-electron chi connectivity index (χ3n) is 4.84. The third-order valence-corrected chi connectivity index (χ3v) is 4.84. The predicted octanol–water partition coefficient (Wildman–Crippen LogP) is 2.15. The second-order valence-corrected chi connectivity index (χ2v) is 6.40. The first-order chi connectivity index (χ1) is 12.0. The molecule has 2 aliphatic rings. The van der Waals surface area contributed by atoms with Gasteiger partial charge in [-0.1, -0.05) is 0 Å². The average molecular weight is 353 g/mol. The van der Waals surface area contributed by atoms with Crippen LogP contribution in [0.4, 0.5) is 19.3 Å². The van der Waals surface area contributed by atoms with Crippen LogP contribution in [0.2, 0.25) is 0 Å². The lowest BCUT2D eigenvalue weighted by molar-refractivity contribution is -0.135. The van der Waals surface area contributed by atoms with Gasteiger partial charge in [0.2, 0.25) is 5.91 Å². The van der Waals surface area contributed by atoms with Crippen molar-refractivity contribution in [2.45, 2.75) is 25.3 Å². The molecule has 1 aromatic rings. The maximum Gasteiger partial charge on any atom is 0.407 e. The van der Waals surface area contributed by atoms with Gasteiger partial charge in [-0.3, -0.25) is 9.69 Å². The molecule has 1 N–H and O–H groups in total. The second-order valence-electron chi connectivity index (χ2n) is 6.40. The van der Waals surface area contributed by atoms with Crippen molar-refractivity contribution in [3.8, 4) is 0 Å². The van der Waals surface area contributed by atoms with E-state index in [4.69, 9.17) is 0 Å². The molecule has 1 atom stereocenters. The molecular weight excluding hydrogens is 332 g/mol. The molecule has 25 heavy (non-hydrogen) atoms. The second kappa shape index (κ2) is 7.25. The molecule has 0 radical (unpaired) electrons. The van der Waals surface area contributed by atoms with Crippen molar-refractivity contribution in [1.29, 1.82) is 0 Å². The lowest BCUT2D eigenvalue weighted by Gasteiger charge is -2.28. The molecule has 0 bridgehead atoms. The average Bonchev–Trinajstić information content (AvgIpc) is 2.94. The van der Waals surface area contributed by atoms with E-state index in [0.29, 0.717) is 57.7 Å². The maximum absolute atomic E-state index is 14.0. The normalized spacial score (nSPS) is 21.4. The van der Waals surface area contributed by atoms with Crippen LogP contribution in [0.15, 0.2) is 18.2 Å². The van der Waals surface area contributed by atoms with E-state index in [0.717, 1.165) is 6.07 Å². The smallest absolute Gasteiger partial charge is 0.407 e. The number of carboxylic acid groups (broad SMARTS) is 1. The third kappa shape index (κ3) is 3.67. The first kappa shape index (κ1) is 17.4. The van der Waals surface area contributed by atoms with Crippen LogP contribution in [0.25, 0.3) is 0 Å². The van der Waals surface area contributed by atoms with Crippen LogP contribution in [0.3, 0.4) is 0 Å². The molecule has 0 aromatic heterocycles. The highest BCUT2D eigenvalue weighted by atomic mass is 19.1. The van der Waals surface area contributed by atoms with Crippen LogP contribution >= 0.6 is 0 Å². The van der Waals surface area contributed by atoms with Crippen LogP contribution in [0.1, 0.15) is 19.3 Å². The number of anilines is 1. The molecule has 2 fully saturated rings. The largest absolute Gasteiger partial charge is 0.465 e. The molecule has 2 amide bonds.